The van der Waals surface area contributed by atoms with Crippen molar-refractivity contribution in [3.8, 4) is 0 Å². The number of aliphatic hydroxyl groups is 2. The van der Waals surface area contributed by atoms with E-state index in [1.807, 2.05) is 0 Å². The van der Waals surface area contributed by atoms with Crippen LogP contribution in [0.1, 0.15) is 303 Å². The van der Waals surface area contributed by atoms with E-state index in [2.05, 4.69) is 20.8 Å². The highest BCUT2D eigenvalue weighted by Gasteiger charge is 2.15. The third-order valence-corrected chi connectivity index (χ3v) is 11.6. The first-order valence-corrected chi connectivity index (χ1v) is 25.6. The number of hydrogen-bond donors (Lipinski definition) is 2. The molecule has 0 aliphatic heterocycles. The minimum Gasteiger partial charge on any atom is -0.464 e. The number of rotatable bonds is 46. The predicted octanol–water partition coefficient (Wildman–Crippen LogP) is 17.1. The summed E-state index contributed by atoms with van der Waals surface area (Å²) in [5.41, 5.74) is 0. The minimum atomic E-state index is -0.933. The number of esters is 1. The van der Waals surface area contributed by atoms with Crippen LogP contribution in [0, 0.1) is 0 Å². The molecule has 0 rings (SSSR count). The lowest BCUT2D eigenvalue weighted by molar-refractivity contribution is -0.154. The average molecular weight is 781 g/mol. The molecule has 55 heavy (non-hydrogen) atoms. The molecule has 0 aliphatic carbocycles. The number of hydrogen-bond acceptors (Lipinski definition) is 4. The van der Waals surface area contributed by atoms with Gasteiger partial charge in [-0.05, 0) is 19.3 Å². The Kier molecular flexibility index (Phi) is 54.8. The van der Waals surface area contributed by atoms with Crippen LogP contribution < -0.4 is 0 Å². The van der Waals surface area contributed by atoms with Crippen molar-refractivity contribution in [1.82, 2.24) is 0 Å². The molecule has 0 aromatic heterocycles. The van der Waals surface area contributed by atoms with Gasteiger partial charge in [0.25, 0.3) is 0 Å². The Morgan fingerprint density at radius 1 is 0.345 bits per heavy atom. The van der Waals surface area contributed by atoms with Crippen LogP contribution in [0.2, 0.25) is 0 Å². The summed E-state index contributed by atoms with van der Waals surface area (Å²) in [7, 11) is 0. The quantitative estimate of drug-likeness (QED) is 0.0477. The van der Waals surface area contributed by atoms with Crippen LogP contribution in [-0.4, -0.2) is 35.5 Å². The van der Waals surface area contributed by atoms with E-state index in [0.717, 1.165) is 32.1 Å². The van der Waals surface area contributed by atoms with E-state index in [1.165, 1.54) is 244 Å². The molecule has 0 saturated heterocycles. The lowest BCUT2D eigenvalue weighted by Crippen LogP contribution is -2.23. The molecule has 4 nitrogen and oxygen atoms in total. The smallest absolute Gasteiger partial charge is 0.334 e. The van der Waals surface area contributed by atoms with Crippen molar-refractivity contribution >= 4 is 5.97 Å². The number of ether oxygens (including phenoxy) is 1. The van der Waals surface area contributed by atoms with Crippen molar-refractivity contribution < 1.29 is 19.7 Å². The van der Waals surface area contributed by atoms with Gasteiger partial charge < -0.3 is 14.9 Å². The highest BCUT2D eigenvalue weighted by atomic mass is 16.5. The fourth-order valence-corrected chi connectivity index (χ4v) is 7.73. The van der Waals surface area contributed by atoms with Gasteiger partial charge in [0.05, 0.1) is 6.61 Å². The molecule has 2 N–H and O–H groups in total. The highest BCUT2D eigenvalue weighted by molar-refractivity contribution is 5.74. The summed E-state index contributed by atoms with van der Waals surface area (Å²) in [5, 5.41) is 18.9. The largest absolute Gasteiger partial charge is 0.464 e. The maximum Gasteiger partial charge on any atom is 0.334 e. The van der Waals surface area contributed by atoms with Gasteiger partial charge in [0.1, 0.15) is 0 Å². The summed E-state index contributed by atoms with van der Waals surface area (Å²) in [5.74, 6) is -0.412. The summed E-state index contributed by atoms with van der Waals surface area (Å²) in [4.78, 5) is 12.1. The molecule has 0 aromatic rings. The number of carbonyl (C=O) groups is 1. The van der Waals surface area contributed by atoms with Gasteiger partial charge in [-0.2, -0.15) is 0 Å². The van der Waals surface area contributed by atoms with Crippen molar-refractivity contribution in [2.45, 2.75) is 309 Å². The van der Waals surface area contributed by atoms with Gasteiger partial charge in [-0.3, -0.25) is 0 Å². The van der Waals surface area contributed by atoms with Crippen molar-refractivity contribution in [2.24, 2.45) is 0 Å². The van der Waals surface area contributed by atoms with E-state index in [4.69, 9.17) is 9.84 Å². The molecule has 0 radical (unpaired) electrons. The summed E-state index contributed by atoms with van der Waals surface area (Å²) in [6.07, 6.45) is 57.0. The van der Waals surface area contributed by atoms with E-state index < -0.39 is 12.1 Å². The second-order valence-corrected chi connectivity index (χ2v) is 17.3. The molecule has 1 unspecified atom stereocenters. The molecule has 332 valence electrons. The highest BCUT2D eigenvalue weighted by Crippen LogP contribution is 2.17. The minimum absolute atomic E-state index is 0.362. The van der Waals surface area contributed by atoms with Gasteiger partial charge in [0, 0.05) is 6.61 Å². The predicted molar refractivity (Wildman–Crippen MR) is 244 cm³/mol. The number of unbranched alkanes of at least 4 members (excludes halogenated alkanes) is 40. The van der Waals surface area contributed by atoms with Gasteiger partial charge in [-0.15, -0.1) is 0 Å². The van der Waals surface area contributed by atoms with Gasteiger partial charge >= 0.3 is 5.97 Å². The normalized spacial score (nSPS) is 11.8. The van der Waals surface area contributed by atoms with Crippen LogP contribution in [0.3, 0.4) is 0 Å². The molecule has 0 heterocycles. The third-order valence-electron chi connectivity index (χ3n) is 11.6. The second kappa shape index (κ2) is 53.4. The first-order chi connectivity index (χ1) is 27.1. The Hall–Kier alpha value is -0.610. The number of carbonyl (C=O) groups excluding carboxylic acids is 1. The Morgan fingerprint density at radius 2 is 0.582 bits per heavy atom. The monoisotopic (exact) mass is 781 g/mol. The second-order valence-electron chi connectivity index (χ2n) is 17.3. The van der Waals surface area contributed by atoms with E-state index in [-0.39, 0.29) is 0 Å². The van der Waals surface area contributed by atoms with E-state index in [9.17, 15) is 9.90 Å². The summed E-state index contributed by atoms with van der Waals surface area (Å²) < 4.78 is 5.34. The van der Waals surface area contributed by atoms with E-state index >= 15 is 0 Å². The van der Waals surface area contributed by atoms with Crippen LogP contribution in [0.25, 0.3) is 0 Å². The topological polar surface area (TPSA) is 66.8 Å². The molecule has 0 aromatic carbocycles. The first-order valence-electron chi connectivity index (χ1n) is 25.6. The van der Waals surface area contributed by atoms with Crippen LogP contribution >= 0.6 is 0 Å². The molecule has 0 spiro atoms. The molecule has 4 heteroatoms. The molecule has 0 amide bonds. The Bertz CT molecular complexity index is 665. The number of aliphatic hydroxyl groups excluding tert-OH is 2. The van der Waals surface area contributed by atoms with Crippen molar-refractivity contribution in [3.05, 3.63) is 0 Å². The molecule has 0 aliphatic rings. The van der Waals surface area contributed by atoms with E-state index in [0.29, 0.717) is 19.6 Å². The van der Waals surface area contributed by atoms with Gasteiger partial charge in [-0.1, -0.05) is 284 Å². The van der Waals surface area contributed by atoms with Gasteiger partial charge in [-0.25, -0.2) is 4.79 Å². The summed E-state index contributed by atoms with van der Waals surface area (Å²) in [6.45, 7) is 7.53. The lowest BCUT2D eigenvalue weighted by atomic mass is 10.0. The van der Waals surface area contributed by atoms with Gasteiger partial charge in [0.2, 0.25) is 0 Å². The molecule has 1 atom stereocenters. The Balaban J connectivity index is 0. The van der Waals surface area contributed by atoms with Crippen LogP contribution in [0.15, 0.2) is 0 Å². The van der Waals surface area contributed by atoms with Gasteiger partial charge in [0.15, 0.2) is 6.10 Å². The molecular weight excluding hydrogens is 677 g/mol. The maximum atomic E-state index is 12.1. The third kappa shape index (κ3) is 53.4. The summed E-state index contributed by atoms with van der Waals surface area (Å²) in [6, 6.07) is 0. The van der Waals surface area contributed by atoms with Crippen molar-refractivity contribution in [1.29, 1.82) is 0 Å². The van der Waals surface area contributed by atoms with Crippen LogP contribution in [0.4, 0.5) is 0 Å². The van der Waals surface area contributed by atoms with Crippen LogP contribution in [0.5, 0.6) is 0 Å². The Morgan fingerprint density at radius 3 is 0.836 bits per heavy atom. The molecule has 0 bridgehead atoms. The zero-order valence-electron chi connectivity index (χ0n) is 38.3. The fraction of sp³-hybridized carbons (Fsp3) is 0.980. The Labute approximate surface area is 347 Å². The maximum absolute atomic E-state index is 12.1. The average Bonchev–Trinajstić information content (AvgIpc) is 3.19. The standard InChI is InChI=1S/C46H92O4.C5H12/c1-2-3-4-5-6-7-8-9-24-27-30-33-36-39-42-45(48)46(49)50-44-41-38-35-32-29-26-23-21-19-17-15-13-11-10-12-14-16-18-20-22-25-28-31-34-37-40-43-47;1-3-5-4-2/h45,47-48H,2-44H2,1H3;3-5H2,1-2H3. The SMILES string of the molecule is CCCCC.CCCCCCCCCCCCCCCCC(O)C(=O)OCCCCCCCCCCCCCCCCCCCCCCCCCCCCO. The molecule has 0 saturated carbocycles. The first kappa shape index (κ1) is 56.5. The van der Waals surface area contributed by atoms with Crippen molar-refractivity contribution in [2.75, 3.05) is 13.2 Å². The zero-order chi connectivity index (χ0) is 40.4. The summed E-state index contributed by atoms with van der Waals surface area (Å²) >= 11 is 0. The molecular formula is C51H104O4. The van der Waals surface area contributed by atoms with Crippen LogP contribution in [-0.2, 0) is 9.53 Å². The van der Waals surface area contributed by atoms with E-state index in [1.54, 1.807) is 0 Å². The zero-order valence-corrected chi connectivity index (χ0v) is 38.3. The lowest BCUT2D eigenvalue weighted by Gasteiger charge is -2.10. The van der Waals surface area contributed by atoms with Crippen molar-refractivity contribution in [3.63, 3.8) is 0 Å². The fourth-order valence-electron chi connectivity index (χ4n) is 7.73. The molecule has 0 fully saturated rings.